The molecule has 0 aliphatic carbocycles. The molecule has 0 saturated heterocycles. The number of rotatable bonds is 4. The molecule has 1 atom stereocenters. The van der Waals surface area contributed by atoms with Gasteiger partial charge in [0.2, 0.25) is 0 Å². The molecule has 0 fully saturated rings. The molecule has 0 saturated carbocycles. The van der Waals surface area contributed by atoms with Crippen LogP contribution in [0.3, 0.4) is 0 Å². The Balaban J connectivity index is 2.78. The van der Waals surface area contributed by atoms with E-state index < -0.39 is 6.10 Å². The van der Waals surface area contributed by atoms with Crippen LogP contribution < -0.4 is 0 Å². The summed E-state index contributed by atoms with van der Waals surface area (Å²) in [5.74, 6) is 0. The van der Waals surface area contributed by atoms with Gasteiger partial charge in [0.1, 0.15) is 6.10 Å². The lowest BCUT2D eigenvalue weighted by Gasteiger charge is -2.07. The SMILES string of the molecule is CCCc1cccc(C([O])CC)c1. The van der Waals surface area contributed by atoms with Crippen LogP contribution in [-0.2, 0) is 11.5 Å². The Morgan fingerprint density at radius 1 is 1.31 bits per heavy atom. The minimum Gasteiger partial charge on any atom is -0.228 e. The Hall–Kier alpha value is -0.820. The summed E-state index contributed by atoms with van der Waals surface area (Å²) in [6, 6.07) is 8.06. The second-order valence-corrected chi connectivity index (χ2v) is 3.39. The second-order valence-electron chi connectivity index (χ2n) is 3.39. The Morgan fingerprint density at radius 3 is 2.69 bits per heavy atom. The summed E-state index contributed by atoms with van der Waals surface area (Å²) in [4.78, 5) is 0. The molecule has 0 aromatic heterocycles. The zero-order valence-electron chi connectivity index (χ0n) is 8.42. The van der Waals surface area contributed by atoms with Gasteiger partial charge in [-0.1, -0.05) is 44.5 Å². The van der Waals surface area contributed by atoms with E-state index in [2.05, 4.69) is 13.0 Å². The summed E-state index contributed by atoms with van der Waals surface area (Å²) >= 11 is 0. The lowest BCUT2D eigenvalue weighted by molar-refractivity contribution is 0.0856. The molecule has 0 heterocycles. The molecule has 0 amide bonds. The summed E-state index contributed by atoms with van der Waals surface area (Å²) in [7, 11) is 0. The third-order valence-corrected chi connectivity index (χ3v) is 2.23. The molecule has 1 aromatic rings. The van der Waals surface area contributed by atoms with Gasteiger partial charge in [-0.3, -0.25) is 0 Å². The average molecular weight is 177 g/mol. The highest BCUT2D eigenvalue weighted by molar-refractivity contribution is 5.25. The fourth-order valence-corrected chi connectivity index (χ4v) is 1.47. The smallest absolute Gasteiger partial charge is 0.118 e. The van der Waals surface area contributed by atoms with Crippen molar-refractivity contribution in [2.45, 2.75) is 39.2 Å². The molecule has 1 rings (SSSR count). The first-order valence-electron chi connectivity index (χ1n) is 5.02. The van der Waals surface area contributed by atoms with Crippen molar-refractivity contribution < 1.29 is 5.11 Å². The van der Waals surface area contributed by atoms with Crippen LogP contribution in [0.1, 0.15) is 43.9 Å². The third-order valence-electron chi connectivity index (χ3n) is 2.23. The molecule has 13 heavy (non-hydrogen) atoms. The molecular formula is C12H17O. The molecule has 0 N–H and O–H groups in total. The van der Waals surface area contributed by atoms with Crippen LogP contribution in [0.5, 0.6) is 0 Å². The third kappa shape index (κ3) is 2.85. The number of benzene rings is 1. The van der Waals surface area contributed by atoms with Crippen LogP contribution in [0.25, 0.3) is 0 Å². The van der Waals surface area contributed by atoms with E-state index in [1.165, 1.54) is 5.56 Å². The van der Waals surface area contributed by atoms with Gasteiger partial charge in [0.05, 0.1) is 0 Å². The predicted octanol–water partition coefficient (Wildman–Crippen LogP) is 3.52. The zero-order valence-corrected chi connectivity index (χ0v) is 8.42. The minimum absolute atomic E-state index is 0.545. The summed E-state index contributed by atoms with van der Waals surface area (Å²) in [5.41, 5.74) is 2.22. The van der Waals surface area contributed by atoms with Gasteiger partial charge in [-0.15, -0.1) is 0 Å². The maximum absolute atomic E-state index is 11.5. The fraction of sp³-hybridized carbons (Fsp3) is 0.500. The zero-order chi connectivity index (χ0) is 9.68. The highest BCUT2D eigenvalue weighted by atomic mass is 16.3. The van der Waals surface area contributed by atoms with Crippen LogP contribution in [-0.4, -0.2) is 0 Å². The summed E-state index contributed by atoms with van der Waals surface area (Å²) in [5, 5.41) is 11.5. The van der Waals surface area contributed by atoms with Gasteiger partial charge in [-0.25, -0.2) is 5.11 Å². The van der Waals surface area contributed by atoms with E-state index in [0.29, 0.717) is 6.42 Å². The molecule has 1 aromatic carbocycles. The van der Waals surface area contributed by atoms with Crippen molar-refractivity contribution in [1.29, 1.82) is 0 Å². The van der Waals surface area contributed by atoms with Crippen molar-refractivity contribution in [3.05, 3.63) is 35.4 Å². The summed E-state index contributed by atoms with van der Waals surface area (Å²) in [6.45, 7) is 4.09. The Morgan fingerprint density at radius 2 is 2.08 bits per heavy atom. The van der Waals surface area contributed by atoms with Crippen LogP contribution in [0.4, 0.5) is 0 Å². The van der Waals surface area contributed by atoms with Gasteiger partial charge in [-0.2, -0.15) is 0 Å². The normalized spacial score (nSPS) is 12.8. The fourth-order valence-electron chi connectivity index (χ4n) is 1.47. The Bertz CT molecular complexity index is 255. The lowest BCUT2D eigenvalue weighted by atomic mass is 10.0. The lowest BCUT2D eigenvalue weighted by Crippen LogP contribution is -1.94. The van der Waals surface area contributed by atoms with E-state index in [1.807, 2.05) is 25.1 Å². The maximum atomic E-state index is 11.5. The monoisotopic (exact) mass is 177 g/mol. The van der Waals surface area contributed by atoms with Crippen molar-refractivity contribution in [3.8, 4) is 0 Å². The molecule has 1 nitrogen and oxygen atoms in total. The van der Waals surface area contributed by atoms with E-state index >= 15 is 0 Å². The van der Waals surface area contributed by atoms with Crippen molar-refractivity contribution in [1.82, 2.24) is 0 Å². The molecule has 0 aliphatic rings. The average Bonchev–Trinajstić information content (AvgIpc) is 2.18. The van der Waals surface area contributed by atoms with Crippen LogP contribution in [0.15, 0.2) is 24.3 Å². The van der Waals surface area contributed by atoms with Crippen molar-refractivity contribution in [2.24, 2.45) is 0 Å². The molecule has 0 spiro atoms. The number of hydrogen-bond donors (Lipinski definition) is 0. The van der Waals surface area contributed by atoms with Crippen LogP contribution in [0.2, 0.25) is 0 Å². The van der Waals surface area contributed by atoms with Crippen LogP contribution >= 0.6 is 0 Å². The first kappa shape index (κ1) is 10.3. The molecule has 1 radical (unpaired) electrons. The van der Waals surface area contributed by atoms with E-state index in [0.717, 1.165) is 18.4 Å². The van der Waals surface area contributed by atoms with E-state index in [9.17, 15) is 5.11 Å². The van der Waals surface area contributed by atoms with Gasteiger partial charge < -0.3 is 0 Å². The van der Waals surface area contributed by atoms with E-state index in [-0.39, 0.29) is 0 Å². The summed E-state index contributed by atoms with van der Waals surface area (Å²) in [6.07, 6.45) is 2.34. The topological polar surface area (TPSA) is 19.9 Å². The molecule has 1 unspecified atom stereocenters. The van der Waals surface area contributed by atoms with Crippen molar-refractivity contribution in [3.63, 3.8) is 0 Å². The predicted molar refractivity (Wildman–Crippen MR) is 54.2 cm³/mol. The van der Waals surface area contributed by atoms with Gasteiger partial charge in [0, 0.05) is 0 Å². The van der Waals surface area contributed by atoms with Crippen molar-refractivity contribution >= 4 is 0 Å². The molecule has 0 bridgehead atoms. The number of aryl methyl sites for hydroxylation is 1. The van der Waals surface area contributed by atoms with Gasteiger partial charge >= 0.3 is 0 Å². The molecule has 71 valence electrons. The van der Waals surface area contributed by atoms with Gasteiger partial charge in [-0.05, 0) is 24.0 Å². The highest BCUT2D eigenvalue weighted by Gasteiger charge is 2.06. The maximum Gasteiger partial charge on any atom is 0.118 e. The largest absolute Gasteiger partial charge is 0.228 e. The van der Waals surface area contributed by atoms with E-state index in [1.54, 1.807) is 0 Å². The minimum atomic E-state index is -0.545. The summed E-state index contributed by atoms with van der Waals surface area (Å²) < 4.78 is 0. The molecular weight excluding hydrogens is 160 g/mol. The quantitative estimate of drug-likeness (QED) is 0.670. The highest BCUT2D eigenvalue weighted by Crippen LogP contribution is 2.18. The standard InChI is InChI=1S/C12H17O/c1-3-6-10-7-5-8-11(9-10)12(13)4-2/h5,7-9,12H,3-4,6H2,1-2H3. The van der Waals surface area contributed by atoms with Gasteiger partial charge in [0.15, 0.2) is 0 Å². The molecule has 0 aliphatic heterocycles. The Labute approximate surface area is 80.4 Å². The van der Waals surface area contributed by atoms with E-state index in [4.69, 9.17) is 0 Å². The first-order valence-corrected chi connectivity index (χ1v) is 5.02. The molecule has 1 heteroatoms. The van der Waals surface area contributed by atoms with Gasteiger partial charge in [0.25, 0.3) is 0 Å². The van der Waals surface area contributed by atoms with Crippen LogP contribution in [0, 0.1) is 0 Å². The second kappa shape index (κ2) is 5.03. The van der Waals surface area contributed by atoms with Crippen molar-refractivity contribution in [2.75, 3.05) is 0 Å². The first-order chi connectivity index (χ1) is 6.27. The number of hydrogen-bond acceptors (Lipinski definition) is 0. The Kier molecular flexibility index (Phi) is 3.97.